The van der Waals surface area contributed by atoms with Crippen LogP contribution in [0.2, 0.25) is 0 Å². The molecule has 0 aromatic rings. The summed E-state index contributed by atoms with van der Waals surface area (Å²) in [7, 11) is 0. The quantitative estimate of drug-likeness (QED) is 0.790. The highest BCUT2D eigenvalue weighted by Crippen LogP contribution is 2.28. The van der Waals surface area contributed by atoms with Crippen LogP contribution in [0.1, 0.15) is 65.2 Å². The van der Waals surface area contributed by atoms with Crippen molar-refractivity contribution in [3.63, 3.8) is 0 Å². The SMILES string of the molecule is CC(C)C(=O)CC1CCN(C(=O)C2CCCCC2)CC1. The molecule has 2 fully saturated rings. The summed E-state index contributed by atoms with van der Waals surface area (Å²) in [5.74, 6) is 1.70. The number of Topliss-reactive ketones (excluding diaryl/α,β-unsaturated/α-hetero) is 1. The van der Waals surface area contributed by atoms with E-state index >= 15 is 0 Å². The zero-order valence-electron chi connectivity index (χ0n) is 13.1. The van der Waals surface area contributed by atoms with Crippen molar-refractivity contribution in [2.24, 2.45) is 17.8 Å². The van der Waals surface area contributed by atoms with Gasteiger partial charge in [0.1, 0.15) is 5.78 Å². The van der Waals surface area contributed by atoms with E-state index in [2.05, 4.69) is 4.90 Å². The first-order chi connectivity index (χ1) is 9.58. The van der Waals surface area contributed by atoms with Gasteiger partial charge >= 0.3 is 0 Å². The van der Waals surface area contributed by atoms with Gasteiger partial charge in [-0.2, -0.15) is 0 Å². The van der Waals surface area contributed by atoms with Crippen LogP contribution < -0.4 is 0 Å². The lowest BCUT2D eigenvalue weighted by Crippen LogP contribution is -2.42. The second kappa shape index (κ2) is 7.24. The number of likely N-dealkylation sites (tertiary alicyclic amines) is 1. The maximum absolute atomic E-state index is 12.4. The molecule has 1 aliphatic carbocycles. The molecule has 1 saturated heterocycles. The predicted octanol–water partition coefficient (Wildman–Crippen LogP) is 3.42. The second-order valence-electron chi connectivity index (χ2n) is 6.93. The highest BCUT2D eigenvalue weighted by atomic mass is 16.2. The zero-order chi connectivity index (χ0) is 14.5. The van der Waals surface area contributed by atoms with Crippen LogP contribution in [0.4, 0.5) is 0 Å². The maximum atomic E-state index is 12.4. The number of hydrogen-bond acceptors (Lipinski definition) is 2. The Morgan fingerprint density at radius 3 is 2.15 bits per heavy atom. The molecular weight excluding hydrogens is 250 g/mol. The van der Waals surface area contributed by atoms with E-state index in [1.54, 1.807) is 0 Å². The topological polar surface area (TPSA) is 37.4 Å². The molecule has 114 valence electrons. The van der Waals surface area contributed by atoms with Gasteiger partial charge in [-0.1, -0.05) is 33.1 Å². The molecule has 0 aromatic heterocycles. The molecule has 3 nitrogen and oxygen atoms in total. The number of carbonyl (C=O) groups is 2. The Morgan fingerprint density at radius 1 is 1.00 bits per heavy atom. The average Bonchev–Trinajstić information content (AvgIpc) is 2.48. The lowest BCUT2D eigenvalue weighted by molar-refractivity contribution is -0.138. The maximum Gasteiger partial charge on any atom is 0.225 e. The fraction of sp³-hybridized carbons (Fsp3) is 0.882. The Labute approximate surface area is 123 Å². The summed E-state index contributed by atoms with van der Waals surface area (Å²) in [6.07, 6.45) is 8.64. The van der Waals surface area contributed by atoms with Crippen LogP contribution in [0.15, 0.2) is 0 Å². The summed E-state index contributed by atoms with van der Waals surface area (Å²) in [5.41, 5.74) is 0. The standard InChI is InChI=1S/C17H29NO2/c1-13(2)16(19)12-14-8-10-18(11-9-14)17(20)15-6-4-3-5-7-15/h13-15H,3-12H2,1-2H3. The van der Waals surface area contributed by atoms with Crippen LogP contribution >= 0.6 is 0 Å². The van der Waals surface area contributed by atoms with Crippen molar-refractivity contribution >= 4 is 11.7 Å². The van der Waals surface area contributed by atoms with Gasteiger partial charge in [-0.25, -0.2) is 0 Å². The van der Waals surface area contributed by atoms with Crippen molar-refractivity contribution in [1.82, 2.24) is 4.90 Å². The van der Waals surface area contributed by atoms with Crippen molar-refractivity contribution < 1.29 is 9.59 Å². The normalized spacial score (nSPS) is 22.2. The lowest BCUT2D eigenvalue weighted by atomic mass is 9.86. The molecule has 0 bridgehead atoms. The van der Waals surface area contributed by atoms with E-state index in [-0.39, 0.29) is 11.8 Å². The van der Waals surface area contributed by atoms with Crippen LogP contribution in [0, 0.1) is 17.8 Å². The average molecular weight is 279 g/mol. The highest BCUT2D eigenvalue weighted by Gasteiger charge is 2.29. The van der Waals surface area contributed by atoms with Crippen molar-refractivity contribution in [3.05, 3.63) is 0 Å². The molecule has 0 N–H and O–H groups in total. The minimum atomic E-state index is 0.150. The molecule has 2 aliphatic rings. The molecular formula is C17H29NO2. The predicted molar refractivity (Wildman–Crippen MR) is 80.3 cm³/mol. The van der Waals surface area contributed by atoms with Crippen molar-refractivity contribution in [1.29, 1.82) is 0 Å². The van der Waals surface area contributed by atoms with Gasteiger partial charge in [-0.05, 0) is 31.6 Å². The van der Waals surface area contributed by atoms with E-state index in [0.29, 0.717) is 24.0 Å². The molecule has 1 amide bonds. The molecule has 1 heterocycles. The Hall–Kier alpha value is -0.860. The summed E-state index contributed by atoms with van der Waals surface area (Å²) in [6.45, 7) is 5.69. The molecule has 3 heteroatoms. The minimum absolute atomic E-state index is 0.150. The molecule has 2 rings (SSSR count). The smallest absolute Gasteiger partial charge is 0.225 e. The highest BCUT2D eigenvalue weighted by molar-refractivity contribution is 5.81. The molecule has 0 aromatic carbocycles. The van der Waals surface area contributed by atoms with E-state index in [1.807, 2.05) is 13.8 Å². The first kappa shape index (κ1) is 15.5. The van der Waals surface area contributed by atoms with Gasteiger partial charge in [-0.3, -0.25) is 9.59 Å². The fourth-order valence-electron chi connectivity index (χ4n) is 3.49. The lowest BCUT2D eigenvalue weighted by Gasteiger charge is -2.35. The first-order valence-corrected chi connectivity index (χ1v) is 8.39. The van der Waals surface area contributed by atoms with Gasteiger partial charge in [0.15, 0.2) is 0 Å². The molecule has 20 heavy (non-hydrogen) atoms. The van der Waals surface area contributed by atoms with E-state index in [9.17, 15) is 9.59 Å². The van der Waals surface area contributed by atoms with E-state index in [4.69, 9.17) is 0 Å². The number of ketones is 1. The van der Waals surface area contributed by atoms with Gasteiger partial charge in [0.25, 0.3) is 0 Å². The van der Waals surface area contributed by atoms with Crippen LogP contribution in [0.5, 0.6) is 0 Å². The summed E-state index contributed by atoms with van der Waals surface area (Å²) in [6, 6.07) is 0. The second-order valence-corrected chi connectivity index (χ2v) is 6.93. The monoisotopic (exact) mass is 279 g/mol. The van der Waals surface area contributed by atoms with Gasteiger partial charge < -0.3 is 4.90 Å². The van der Waals surface area contributed by atoms with Crippen LogP contribution in [-0.2, 0) is 9.59 Å². The molecule has 1 saturated carbocycles. The van der Waals surface area contributed by atoms with E-state index in [0.717, 1.165) is 38.8 Å². The number of nitrogens with zero attached hydrogens (tertiary/aromatic N) is 1. The summed E-state index contributed by atoms with van der Waals surface area (Å²) < 4.78 is 0. The first-order valence-electron chi connectivity index (χ1n) is 8.39. The van der Waals surface area contributed by atoms with Crippen molar-refractivity contribution in [2.75, 3.05) is 13.1 Å². The van der Waals surface area contributed by atoms with Gasteiger partial charge in [0.05, 0.1) is 0 Å². The van der Waals surface area contributed by atoms with Crippen molar-refractivity contribution in [2.45, 2.75) is 65.2 Å². The zero-order valence-corrected chi connectivity index (χ0v) is 13.1. The van der Waals surface area contributed by atoms with Gasteiger partial charge in [-0.15, -0.1) is 0 Å². The largest absolute Gasteiger partial charge is 0.342 e. The third-order valence-electron chi connectivity index (χ3n) is 5.01. The van der Waals surface area contributed by atoms with E-state index < -0.39 is 0 Å². The molecule has 0 unspecified atom stereocenters. The third kappa shape index (κ3) is 4.07. The molecule has 0 radical (unpaired) electrons. The summed E-state index contributed by atoms with van der Waals surface area (Å²) in [5, 5.41) is 0. The number of carbonyl (C=O) groups excluding carboxylic acids is 2. The Bertz CT molecular complexity index is 337. The number of amides is 1. The number of rotatable bonds is 4. The van der Waals surface area contributed by atoms with Crippen LogP contribution in [0.3, 0.4) is 0 Å². The fourth-order valence-corrected chi connectivity index (χ4v) is 3.49. The Kier molecular flexibility index (Phi) is 5.62. The number of hydrogen-bond donors (Lipinski definition) is 0. The summed E-state index contributed by atoms with van der Waals surface area (Å²) >= 11 is 0. The molecule has 1 aliphatic heterocycles. The Balaban J connectivity index is 1.76. The Morgan fingerprint density at radius 2 is 1.60 bits per heavy atom. The molecule has 0 spiro atoms. The van der Waals surface area contributed by atoms with Crippen molar-refractivity contribution in [3.8, 4) is 0 Å². The molecule has 0 atom stereocenters. The third-order valence-corrected chi connectivity index (χ3v) is 5.01. The van der Waals surface area contributed by atoms with Gasteiger partial charge in [0.2, 0.25) is 5.91 Å². The van der Waals surface area contributed by atoms with Crippen LogP contribution in [-0.4, -0.2) is 29.7 Å². The minimum Gasteiger partial charge on any atom is -0.342 e. The summed E-state index contributed by atoms with van der Waals surface area (Å²) in [4.78, 5) is 26.3. The van der Waals surface area contributed by atoms with E-state index in [1.165, 1.54) is 19.3 Å². The van der Waals surface area contributed by atoms with Gasteiger partial charge in [0, 0.05) is 31.3 Å². The number of piperidine rings is 1. The van der Waals surface area contributed by atoms with Crippen LogP contribution in [0.25, 0.3) is 0 Å².